The van der Waals surface area contributed by atoms with Gasteiger partial charge in [0.1, 0.15) is 0 Å². The SMILES string of the molecule is Cc1ccc(Cl)cc1NC(=O)[C@@H](C)OC(=O)/C=C/c1cccc2ccccc12. The molecule has 1 amide bonds. The minimum Gasteiger partial charge on any atom is -0.449 e. The van der Waals surface area contributed by atoms with Crippen molar-refractivity contribution in [2.24, 2.45) is 0 Å². The van der Waals surface area contributed by atoms with E-state index in [1.165, 1.54) is 13.0 Å². The van der Waals surface area contributed by atoms with Crippen molar-refractivity contribution in [3.8, 4) is 0 Å². The molecule has 0 radical (unpaired) electrons. The third kappa shape index (κ3) is 4.78. The van der Waals surface area contributed by atoms with Crippen LogP contribution in [0.25, 0.3) is 16.8 Å². The van der Waals surface area contributed by atoms with Gasteiger partial charge in [0.25, 0.3) is 5.91 Å². The molecule has 0 aliphatic carbocycles. The summed E-state index contributed by atoms with van der Waals surface area (Å²) in [5, 5.41) is 5.37. The molecule has 0 saturated carbocycles. The highest BCUT2D eigenvalue weighted by atomic mass is 35.5. The van der Waals surface area contributed by atoms with Gasteiger partial charge in [0.2, 0.25) is 0 Å². The molecule has 3 aromatic rings. The van der Waals surface area contributed by atoms with E-state index < -0.39 is 18.0 Å². The Hall–Kier alpha value is -3.11. The van der Waals surface area contributed by atoms with Gasteiger partial charge in [0.15, 0.2) is 6.10 Å². The molecule has 5 heteroatoms. The Morgan fingerprint density at radius 3 is 2.64 bits per heavy atom. The number of ether oxygens (including phenoxy) is 1. The number of aryl methyl sites for hydroxylation is 1. The second-order valence-electron chi connectivity index (χ2n) is 6.43. The van der Waals surface area contributed by atoms with Crippen LogP contribution < -0.4 is 5.32 Å². The standard InChI is InChI=1S/C23H20ClNO3/c1-15-10-12-19(24)14-21(15)25-23(27)16(2)28-22(26)13-11-18-8-5-7-17-6-3-4-9-20(17)18/h3-14,16H,1-2H3,(H,25,27)/b13-11+/t16-/m1/s1. The first-order valence-electron chi connectivity index (χ1n) is 8.87. The van der Waals surface area contributed by atoms with E-state index in [0.29, 0.717) is 10.7 Å². The van der Waals surface area contributed by atoms with Gasteiger partial charge in [-0.3, -0.25) is 4.79 Å². The summed E-state index contributed by atoms with van der Waals surface area (Å²) in [5.74, 6) is -1.00. The van der Waals surface area contributed by atoms with E-state index in [-0.39, 0.29) is 0 Å². The van der Waals surface area contributed by atoms with Gasteiger partial charge in [-0.05, 0) is 54.0 Å². The van der Waals surface area contributed by atoms with E-state index in [2.05, 4.69) is 5.32 Å². The minimum atomic E-state index is -0.942. The van der Waals surface area contributed by atoms with Crippen molar-refractivity contribution in [2.75, 3.05) is 5.32 Å². The monoisotopic (exact) mass is 393 g/mol. The summed E-state index contributed by atoms with van der Waals surface area (Å²) in [4.78, 5) is 24.4. The van der Waals surface area contributed by atoms with Crippen molar-refractivity contribution >= 4 is 46.0 Å². The number of esters is 1. The van der Waals surface area contributed by atoms with E-state index >= 15 is 0 Å². The number of hydrogen-bond donors (Lipinski definition) is 1. The summed E-state index contributed by atoms with van der Waals surface area (Å²) in [6.45, 7) is 3.38. The first kappa shape index (κ1) is 19.6. The average molecular weight is 394 g/mol. The molecule has 0 spiro atoms. The molecule has 1 N–H and O–H groups in total. The number of benzene rings is 3. The molecule has 0 aliphatic heterocycles. The predicted octanol–water partition coefficient (Wildman–Crippen LogP) is 5.39. The van der Waals surface area contributed by atoms with Crippen LogP contribution in [0.1, 0.15) is 18.1 Å². The van der Waals surface area contributed by atoms with Crippen LogP contribution >= 0.6 is 11.6 Å². The number of carbonyl (C=O) groups is 2. The molecule has 1 atom stereocenters. The van der Waals surface area contributed by atoms with E-state index in [1.807, 2.05) is 55.5 Å². The molecule has 0 bridgehead atoms. The molecule has 0 saturated heterocycles. The van der Waals surface area contributed by atoms with Crippen LogP contribution in [-0.2, 0) is 14.3 Å². The van der Waals surface area contributed by atoms with Crippen molar-refractivity contribution in [3.05, 3.63) is 82.9 Å². The smallest absolute Gasteiger partial charge is 0.331 e. The van der Waals surface area contributed by atoms with Gasteiger partial charge in [0, 0.05) is 16.8 Å². The van der Waals surface area contributed by atoms with Crippen LogP contribution in [0.5, 0.6) is 0 Å². The van der Waals surface area contributed by atoms with Crippen molar-refractivity contribution in [2.45, 2.75) is 20.0 Å². The largest absolute Gasteiger partial charge is 0.449 e. The fourth-order valence-corrected chi connectivity index (χ4v) is 2.96. The highest BCUT2D eigenvalue weighted by Crippen LogP contribution is 2.21. The lowest BCUT2D eigenvalue weighted by atomic mass is 10.0. The van der Waals surface area contributed by atoms with Gasteiger partial charge in [-0.25, -0.2) is 4.79 Å². The number of carbonyl (C=O) groups excluding carboxylic acids is 2. The van der Waals surface area contributed by atoms with Gasteiger partial charge in [0.05, 0.1) is 0 Å². The zero-order valence-electron chi connectivity index (χ0n) is 15.6. The van der Waals surface area contributed by atoms with Gasteiger partial charge < -0.3 is 10.1 Å². The minimum absolute atomic E-state index is 0.419. The number of amides is 1. The molecule has 0 unspecified atom stereocenters. The molecular weight excluding hydrogens is 374 g/mol. The fraction of sp³-hybridized carbons (Fsp3) is 0.130. The quantitative estimate of drug-likeness (QED) is 0.467. The van der Waals surface area contributed by atoms with E-state index in [0.717, 1.165) is 21.9 Å². The predicted molar refractivity (Wildman–Crippen MR) is 113 cm³/mol. The van der Waals surface area contributed by atoms with Crippen molar-refractivity contribution in [3.63, 3.8) is 0 Å². The van der Waals surface area contributed by atoms with E-state index in [1.54, 1.807) is 18.2 Å². The zero-order chi connectivity index (χ0) is 20.1. The Labute approximate surface area is 168 Å². The number of rotatable bonds is 5. The zero-order valence-corrected chi connectivity index (χ0v) is 16.4. The van der Waals surface area contributed by atoms with Crippen molar-refractivity contribution < 1.29 is 14.3 Å². The Morgan fingerprint density at radius 1 is 1.07 bits per heavy atom. The van der Waals surface area contributed by atoms with Crippen LogP contribution in [0.3, 0.4) is 0 Å². The topological polar surface area (TPSA) is 55.4 Å². The molecule has 0 aromatic heterocycles. The average Bonchev–Trinajstić information content (AvgIpc) is 2.69. The molecule has 142 valence electrons. The Kier molecular flexibility index (Phi) is 6.12. The number of nitrogens with one attached hydrogen (secondary N) is 1. The summed E-state index contributed by atoms with van der Waals surface area (Å²) in [6.07, 6.45) is 2.08. The maximum Gasteiger partial charge on any atom is 0.331 e. The second kappa shape index (κ2) is 8.72. The third-order valence-electron chi connectivity index (χ3n) is 4.34. The third-order valence-corrected chi connectivity index (χ3v) is 4.58. The normalized spacial score (nSPS) is 12.1. The lowest BCUT2D eigenvalue weighted by molar-refractivity contribution is -0.148. The Bertz CT molecular complexity index is 1050. The molecular formula is C23H20ClNO3. The lowest BCUT2D eigenvalue weighted by Gasteiger charge is -2.14. The lowest BCUT2D eigenvalue weighted by Crippen LogP contribution is -2.29. The number of anilines is 1. The number of hydrogen-bond acceptors (Lipinski definition) is 3. The second-order valence-corrected chi connectivity index (χ2v) is 6.87. The van der Waals surface area contributed by atoms with E-state index in [9.17, 15) is 9.59 Å². The molecule has 3 aromatic carbocycles. The Balaban J connectivity index is 1.64. The van der Waals surface area contributed by atoms with Crippen LogP contribution in [0.4, 0.5) is 5.69 Å². The highest BCUT2D eigenvalue weighted by molar-refractivity contribution is 6.31. The molecule has 28 heavy (non-hydrogen) atoms. The summed E-state index contributed by atoms with van der Waals surface area (Å²) in [6, 6.07) is 19.0. The summed E-state index contributed by atoms with van der Waals surface area (Å²) in [5.41, 5.74) is 2.36. The van der Waals surface area contributed by atoms with Gasteiger partial charge in [-0.15, -0.1) is 0 Å². The molecule has 4 nitrogen and oxygen atoms in total. The first-order chi connectivity index (χ1) is 13.4. The van der Waals surface area contributed by atoms with Crippen molar-refractivity contribution in [1.29, 1.82) is 0 Å². The van der Waals surface area contributed by atoms with Crippen LogP contribution in [-0.4, -0.2) is 18.0 Å². The first-order valence-corrected chi connectivity index (χ1v) is 9.25. The van der Waals surface area contributed by atoms with Gasteiger partial charge >= 0.3 is 5.97 Å². The molecule has 0 aliphatic rings. The molecule has 0 fully saturated rings. The van der Waals surface area contributed by atoms with E-state index in [4.69, 9.17) is 16.3 Å². The molecule has 3 rings (SSSR count). The maximum absolute atomic E-state index is 12.3. The Morgan fingerprint density at radius 2 is 1.82 bits per heavy atom. The summed E-state index contributed by atoms with van der Waals surface area (Å²) in [7, 11) is 0. The van der Waals surface area contributed by atoms with Crippen molar-refractivity contribution in [1.82, 2.24) is 0 Å². The van der Waals surface area contributed by atoms with Gasteiger partial charge in [-0.2, -0.15) is 0 Å². The molecule has 0 heterocycles. The summed E-state index contributed by atoms with van der Waals surface area (Å²) >= 11 is 5.96. The highest BCUT2D eigenvalue weighted by Gasteiger charge is 2.17. The van der Waals surface area contributed by atoms with Crippen LogP contribution in [0, 0.1) is 6.92 Å². The summed E-state index contributed by atoms with van der Waals surface area (Å²) < 4.78 is 5.22. The number of fused-ring (bicyclic) bond motifs is 1. The van der Waals surface area contributed by atoms with Crippen LogP contribution in [0.15, 0.2) is 66.7 Å². The fourth-order valence-electron chi connectivity index (χ4n) is 2.78. The van der Waals surface area contributed by atoms with Crippen LogP contribution in [0.2, 0.25) is 5.02 Å². The number of halogens is 1. The van der Waals surface area contributed by atoms with Gasteiger partial charge in [-0.1, -0.05) is 60.1 Å². The maximum atomic E-state index is 12.3.